The number of hydrogen-bond acceptors (Lipinski definition) is 4. The summed E-state index contributed by atoms with van der Waals surface area (Å²) in [6.07, 6.45) is 3.82. The molecule has 0 saturated carbocycles. The van der Waals surface area contributed by atoms with Crippen molar-refractivity contribution < 1.29 is 4.42 Å². The van der Waals surface area contributed by atoms with Crippen LogP contribution >= 0.6 is 0 Å². The van der Waals surface area contributed by atoms with Crippen molar-refractivity contribution in [3.05, 3.63) is 235 Å². The van der Waals surface area contributed by atoms with Gasteiger partial charge in [-0.3, -0.25) is 0 Å². The van der Waals surface area contributed by atoms with Gasteiger partial charge in [0.1, 0.15) is 11.0 Å². The van der Waals surface area contributed by atoms with E-state index in [0.717, 1.165) is 84.7 Å². The van der Waals surface area contributed by atoms with Crippen molar-refractivity contribution in [2.24, 2.45) is 0 Å². The van der Waals surface area contributed by atoms with Crippen LogP contribution < -0.4 is 10.6 Å². The first-order valence-electron chi connectivity index (χ1n) is 23.6. The summed E-state index contributed by atoms with van der Waals surface area (Å²) >= 11 is 0. The van der Waals surface area contributed by atoms with Gasteiger partial charge >= 0.3 is 0 Å². The summed E-state index contributed by atoms with van der Waals surface area (Å²) in [5.74, 6) is 1.98. The van der Waals surface area contributed by atoms with E-state index in [1.54, 1.807) is 0 Å². The van der Waals surface area contributed by atoms with Crippen LogP contribution in [0.3, 0.4) is 0 Å². The molecule has 1 aliphatic rings. The molecule has 6 nitrogen and oxygen atoms in total. The van der Waals surface area contributed by atoms with Gasteiger partial charge in [0.25, 0.3) is 0 Å². The molecule has 0 N–H and O–H groups in total. The van der Waals surface area contributed by atoms with Crippen molar-refractivity contribution >= 4 is 66.2 Å². The van der Waals surface area contributed by atoms with Crippen LogP contribution in [-0.2, 0) is 0 Å². The summed E-state index contributed by atoms with van der Waals surface area (Å²) < 4.78 is 11.4. The average molecular weight is 884 g/mol. The minimum absolute atomic E-state index is 0.652. The Balaban J connectivity index is 0.938. The lowest BCUT2D eigenvalue weighted by molar-refractivity contribution is 0.571. The summed E-state index contributed by atoms with van der Waals surface area (Å²) in [5.41, 5.74) is 16.3. The van der Waals surface area contributed by atoms with Gasteiger partial charge < -0.3 is 13.6 Å². The van der Waals surface area contributed by atoms with E-state index in [-0.39, 0.29) is 0 Å². The largest absolute Gasteiger partial charge is 0.456 e. The third kappa shape index (κ3) is 6.45. The Morgan fingerprint density at radius 1 is 0.348 bits per heavy atom. The highest BCUT2D eigenvalue weighted by Crippen LogP contribution is 2.40. The molecule has 0 unspecified atom stereocenters. The van der Waals surface area contributed by atoms with E-state index in [1.165, 1.54) is 43.7 Å². The lowest BCUT2D eigenvalue weighted by Crippen LogP contribution is -2.27. The van der Waals surface area contributed by atoms with Gasteiger partial charge in [-0.1, -0.05) is 140 Å². The lowest BCUT2D eigenvalue weighted by atomic mass is 9.97. The fraction of sp³-hybridized carbons (Fsp3) is 0.0317. The van der Waals surface area contributed by atoms with Crippen molar-refractivity contribution in [1.82, 2.24) is 24.1 Å². The Bertz CT molecular complexity index is 4230. The highest BCUT2D eigenvalue weighted by Gasteiger charge is 2.21. The molecule has 0 radical (unpaired) electrons. The number of fused-ring (bicyclic) bond motifs is 9. The van der Waals surface area contributed by atoms with E-state index in [4.69, 9.17) is 19.4 Å². The van der Waals surface area contributed by atoms with Crippen molar-refractivity contribution in [3.8, 4) is 56.4 Å². The second kappa shape index (κ2) is 15.8. The van der Waals surface area contributed by atoms with E-state index in [2.05, 4.69) is 197 Å². The lowest BCUT2D eigenvalue weighted by Gasteiger charge is -2.12. The summed E-state index contributed by atoms with van der Waals surface area (Å²) in [6, 6.07) is 77.8. The summed E-state index contributed by atoms with van der Waals surface area (Å²) in [6.45, 7) is 0. The molecule has 324 valence electrons. The van der Waals surface area contributed by atoms with Crippen molar-refractivity contribution in [1.29, 1.82) is 0 Å². The molecule has 9 aromatic carbocycles. The number of para-hydroxylation sites is 3. The Labute approximate surface area is 397 Å². The van der Waals surface area contributed by atoms with Crippen molar-refractivity contribution in [2.75, 3.05) is 0 Å². The normalized spacial score (nSPS) is 12.6. The Hall–Kier alpha value is -9.13. The van der Waals surface area contributed by atoms with Crippen LogP contribution in [0.1, 0.15) is 18.7 Å². The topological polar surface area (TPSA) is 61.7 Å². The maximum absolute atomic E-state index is 6.62. The van der Waals surface area contributed by atoms with E-state index in [9.17, 15) is 0 Å². The third-order valence-corrected chi connectivity index (χ3v) is 13.8. The van der Waals surface area contributed by atoms with Gasteiger partial charge in [0.2, 0.25) is 0 Å². The number of hydrogen-bond donors (Lipinski definition) is 0. The van der Waals surface area contributed by atoms with Crippen LogP contribution in [0.25, 0.3) is 123 Å². The summed E-state index contributed by atoms with van der Waals surface area (Å²) in [7, 11) is 0. The van der Waals surface area contributed by atoms with Gasteiger partial charge in [0, 0.05) is 60.2 Å². The maximum Gasteiger partial charge on any atom is 0.164 e. The molecule has 4 heterocycles. The van der Waals surface area contributed by atoms with Crippen molar-refractivity contribution in [3.63, 3.8) is 0 Å². The first-order chi connectivity index (χ1) is 34.2. The SMILES string of the molecule is C1=c2oc3ccc(-c4ccc5c(c4)c4cc(-c6ccc7c(c6)c6ccccc6n7-c6ccccc6)ccc4n5-c4ccccc4)cc3c2=C(c2nc(-c3ccccc3)nc(-c3ccccc3)n2)CC1. The van der Waals surface area contributed by atoms with Crippen LogP contribution in [0.2, 0.25) is 0 Å². The molecule has 0 saturated heterocycles. The zero-order valence-corrected chi connectivity index (χ0v) is 37.4. The zero-order chi connectivity index (χ0) is 45.4. The van der Waals surface area contributed by atoms with Gasteiger partial charge in [-0.15, -0.1) is 0 Å². The number of aromatic nitrogens is 5. The van der Waals surface area contributed by atoms with E-state index >= 15 is 0 Å². The fourth-order valence-electron chi connectivity index (χ4n) is 10.6. The molecule has 13 aromatic rings. The molecule has 0 bridgehead atoms. The highest BCUT2D eigenvalue weighted by molar-refractivity contribution is 6.13. The molecule has 0 amide bonds. The average Bonchev–Trinajstić information content (AvgIpc) is 4.08. The van der Waals surface area contributed by atoms with Gasteiger partial charge in [0.15, 0.2) is 17.5 Å². The molecule has 0 fully saturated rings. The van der Waals surface area contributed by atoms with Crippen LogP contribution in [0.15, 0.2) is 223 Å². The number of furan rings is 1. The number of nitrogens with zero attached hydrogens (tertiary/aromatic N) is 5. The molecule has 0 aliphatic heterocycles. The predicted molar refractivity (Wildman–Crippen MR) is 282 cm³/mol. The minimum atomic E-state index is 0.652. The standard InChI is InChI=1S/C63H41N5O/c1-5-16-40(17-6-1)61-64-62(41-18-7-2-8-19-41)66-63(65-61)49-25-15-27-59-60(49)53-39-45(31-35-58(53)69-59)44-30-34-57-52(38-44)51-37-43(29-33-56(51)68(57)47-22-11-4-12-23-47)42-28-32-55-50(36-42)48-24-13-14-26-54(48)67(55)46-20-9-3-10-21-46/h1-14,16-24,26-39H,15,25H2. The van der Waals surface area contributed by atoms with Gasteiger partial charge in [-0.25, -0.2) is 15.0 Å². The zero-order valence-electron chi connectivity index (χ0n) is 37.4. The van der Waals surface area contributed by atoms with Crippen LogP contribution in [0.4, 0.5) is 0 Å². The second-order valence-corrected chi connectivity index (χ2v) is 17.9. The smallest absolute Gasteiger partial charge is 0.164 e. The molecule has 14 rings (SSSR count). The van der Waals surface area contributed by atoms with Crippen LogP contribution in [-0.4, -0.2) is 24.1 Å². The van der Waals surface area contributed by atoms with Gasteiger partial charge in [-0.05, 0) is 120 Å². The molecule has 4 aromatic heterocycles. The molecule has 1 aliphatic carbocycles. The van der Waals surface area contributed by atoms with Crippen LogP contribution in [0.5, 0.6) is 0 Å². The minimum Gasteiger partial charge on any atom is -0.456 e. The summed E-state index contributed by atoms with van der Waals surface area (Å²) in [5, 5.41) is 6.97. The highest BCUT2D eigenvalue weighted by atomic mass is 16.3. The second-order valence-electron chi connectivity index (χ2n) is 17.9. The summed E-state index contributed by atoms with van der Waals surface area (Å²) in [4.78, 5) is 15.3. The molecule has 0 atom stereocenters. The Morgan fingerprint density at radius 2 is 0.768 bits per heavy atom. The Kier molecular flexibility index (Phi) is 8.92. The quantitative estimate of drug-likeness (QED) is 0.160. The maximum atomic E-state index is 6.62. The molecular weight excluding hydrogens is 843 g/mol. The first-order valence-corrected chi connectivity index (χ1v) is 23.6. The van der Waals surface area contributed by atoms with Crippen LogP contribution in [0, 0.1) is 0 Å². The third-order valence-electron chi connectivity index (χ3n) is 13.8. The number of benzene rings is 9. The molecule has 0 spiro atoms. The van der Waals surface area contributed by atoms with E-state index in [0.29, 0.717) is 17.5 Å². The monoisotopic (exact) mass is 883 g/mol. The van der Waals surface area contributed by atoms with Gasteiger partial charge in [-0.2, -0.15) is 0 Å². The van der Waals surface area contributed by atoms with E-state index < -0.39 is 0 Å². The predicted octanol–water partition coefficient (Wildman–Crippen LogP) is 14.3. The van der Waals surface area contributed by atoms with E-state index in [1.807, 2.05) is 36.4 Å². The molecule has 6 heteroatoms. The van der Waals surface area contributed by atoms with Crippen molar-refractivity contribution in [2.45, 2.75) is 12.8 Å². The molecular formula is C63H41N5O. The molecule has 69 heavy (non-hydrogen) atoms. The first kappa shape index (κ1) is 39.1. The number of rotatable bonds is 7. The fourth-order valence-corrected chi connectivity index (χ4v) is 10.6. The Morgan fingerprint density at radius 3 is 1.30 bits per heavy atom. The van der Waals surface area contributed by atoms with Gasteiger partial charge in [0.05, 0.1) is 22.1 Å².